The first kappa shape index (κ1) is 12.9. The van der Waals surface area contributed by atoms with Crippen molar-refractivity contribution in [2.45, 2.75) is 33.1 Å². The van der Waals surface area contributed by atoms with Gasteiger partial charge in [-0.3, -0.25) is 9.78 Å². The smallest absolute Gasteiger partial charge is 0.257 e. The van der Waals surface area contributed by atoms with Gasteiger partial charge in [-0.25, -0.2) is 0 Å². The molecule has 1 aliphatic heterocycles. The van der Waals surface area contributed by atoms with Crippen molar-refractivity contribution in [3.8, 4) is 0 Å². The maximum Gasteiger partial charge on any atom is 0.257 e. The minimum absolute atomic E-state index is 0.0123. The highest BCUT2D eigenvalue weighted by Gasteiger charge is 2.26. The Labute approximate surface area is 108 Å². The summed E-state index contributed by atoms with van der Waals surface area (Å²) in [6.07, 6.45) is 6.43. The molecule has 18 heavy (non-hydrogen) atoms. The second kappa shape index (κ2) is 4.96. The van der Waals surface area contributed by atoms with E-state index in [2.05, 4.69) is 18.8 Å². The molecule has 1 aromatic heterocycles. The number of amides is 1. The molecule has 2 N–H and O–H groups in total. The normalized spacial score (nSPS) is 19.3. The van der Waals surface area contributed by atoms with E-state index < -0.39 is 0 Å². The number of anilines is 1. The highest BCUT2D eigenvalue weighted by Crippen LogP contribution is 2.30. The van der Waals surface area contributed by atoms with Crippen LogP contribution < -0.4 is 5.73 Å². The fourth-order valence-corrected chi connectivity index (χ4v) is 2.38. The third-order valence-electron chi connectivity index (χ3n) is 3.71. The molecular weight excluding hydrogens is 226 g/mol. The van der Waals surface area contributed by atoms with Crippen LogP contribution in [-0.4, -0.2) is 28.9 Å². The summed E-state index contributed by atoms with van der Waals surface area (Å²) in [7, 11) is 0. The van der Waals surface area contributed by atoms with Crippen LogP contribution in [0.1, 0.15) is 43.5 Å². The zero-order chi connectivity index (χ0) is 13.2. The van der Waals surface area contributed by atoms with Gasteiger partial charge in [-0.05, 0) is 30.7 Å². The highest BCUT2D eigenvalue weighted by molar-refractivity contribution is 5.98. The highest BCUT2D eigenvalue weighted by atomic mass is 16.2. The Kier molecular flexibility index (Phi) is 3.55. The number of nitrogens with zero attached hydrogens (tertiary/aromatic N) is 2. The Bertz CT molecular complexity index is 442. The van der Waals surface area contributed by atoms with Crippen LogP contribution in [0.4, 0.5) is 5.69 Å². The molecule has 1 saturated heterocycles. The Morgan fingerprint density at radius 2 is 2.17 bits per heavy atom. The summed E-state index contributed by atoms with van der Waals surface area (Å²) in [5.41, 5.74) is 7.20. The number of aromatic nitrogens is 1. The van der Waals surface area contributed by atoms with Crippen molar-refractivity contribution in [3.63, 3.8) is 0 Å². The second-order valence-electron chi connectivity index (χ2n) is 5.77. The van der Waals surface area contributed by atoms with Crippen LogP contribution in [0.3, 0.4) is 0 Å². The van der Waals surface area contributed by atoms with Gasteiger partial charge in [-0.1, -0.05) is 13.8 Å². The number of nitrogen functional groups attached to an aromatic ring is 1. The van der Waals surface area contributed by atoms with Crippen molar-refractivity contribution >= 4 is 11.6 Å². The third kappa shape index (κ3) is 2.81. The molecule has 1 aliphatic rings. The number of hydrogen-bond donors (Lipinski definition) is 1. The minimum atomic E-state index is 0.0123. The summed E-state index contributed by atoms with van der Waals surface area (Å²) in [4.78, 5) is 18.3. The van der Waals surface area contributed by atoms with Gasteiger partial charge >= 0.3 is 0 Å². The molecule has 0 unspecified atom stereocenters. The summed E-state index contributed by atoms with van der Waals surface area (Å²) < 4.78 is 0. The zero-order valence-corrected chi connectivity index (χ0v) is 11.1. The first-order valence-corrected chi connectivity index (χ1v) is 6.48. The van der Waals surface area contributed by atoms with E-state index >= 15 is 0 Å². The maximum atomic E-state index is 12.4. The Morgan fingerprint density at radius 1 is 1.39 bits per heavy atom. The summed E-state index contributed by atoms with van der Waals surface area (Å²) in [6.45, 7) is 6.15. The molecule has 1 amide bonds. The van der Waals surface area contributed by atoms with Gasteiger partial charge in [-0.2, -0.15) is 0 Å². The van der Waals surface area contributed by atoms with Crippen molar-refractivity contribution in [1.29, 1.82) is 0 Å². The Balaban J connectivity index is 2.13. The molecule has 2 heterocycles. The molecule has 0 aromatic carbocycles. The maximum absolute atomic E-state index is 12.4. The largest absolute Gasteiger partial charge is 0.398 e. The van der Waals surface area contributed by atoms with E-state index in [1.165, 1.54) is 6.42 Å². The topological polar surface area (TPSA) is 59.2 Å². The summed E-state index contributed by atoms with van der Waals surface area (Å²) >= 11 is 0. The molecule has 0 radical (unpaired) electrons. The van der Waals surface area contributed by atoms with Crippen molar-refractivity contribution in [1.82, 2.24) is 9.88 Å². The van der Waals surface area contributed by atoms with E-state index in [0.29, 0.717) is 16.7 Å². The van der Waals surface area contributed by atoms with Gasteiger partial charge in [0.1, 0.15) is 0 Å². The van der Waals surface area contributed by atoms with Crippen LogP contribution >= 0.6 is 0 Å². The van der Waals surface area contributed by atoms with Crippen LogP contribution in [-0.2, 0) is 0 Å². The standard InChI is InChI=1S/C14H21N3O/c1-14(2)5-3-8-17(9-6-14)13(18)11-10-16-7-4-12(11)15/h4,7,10H,3,5-6,8-9H2,1-2H3,(H2,15,16). The van der Waals surface area contributed by atoms with Gasteiger partial charge in [0.15, 0.2) is 0 Å². The average molecular weight is 247 g/mol. The summed E-state index contributed by atoms with van der Waals surface area (Å²) in [6, 6.07) is 1.68. The number of carbonyl (C=O) groups is 1. The SMILES string of the molecule is CC1(C)CCCN(C(=O)c2cnccc2N)CC1. The van der Waals surface area contributed by atoms with Gasteiger partial charge in [0.25, 0.3) is 5.91 Å². The number of hydrogen-bond acceptors (Lipinski definition) is 3. The minimum Gasteiger partial charge on any atom is -0.398 e. The molecule has 4 heteroatoms. The fraction of sp³-hybridized carbons (Fsp3) is 0.571. The third-order valence-corrected chi connectivity index (χ3v) is 3.71. The summed E-state index contributed by atoms with van der Waals surface area (Å²) in [5, 5.41) is 0. The van der Waals surface area contributed by atoms with E-state index in [1.807, 2.05) is 4.90 Å². The van der Waals surface area contributed by atoms with Crippen molar-refractivity contribution in [3.05, 3.63) is 24.0 Å². The molecule has 0 aliphatic carbocycles. The van der Waals surface area contributed by atoms with Crippen LogP contribution in [0.5, 0.6) is 0 Å². The first-order chi connectivity index (χ1) is 8.49. The molecule has 1 fully saturated rings. The molecular formula is C14H21N3O. The van der Waals surface area contributed by atoms with Gasteiger partial charge in [0.05, 0.1) is 5.56 Å². The molecule has 0 spiro atoms. The predicted molar refractivity (Wildman–Crippen MR) is 72.2 cm³/mol. The van der Waals surface area contributed by atoms with E-state index in [4.69, 9.17) is 5.73 Å². The lowest BCUT2D eigenvalue weighted by Gasteiger charge is -2.23. The Morgan fingerprint density at radius 3 is 2.89 bits per heavy atom. The van der Waals surface area contributed by atoms with Gasteiger partial charge in [0, 0.05) is 31.2 Å². The van der Waals surface area contributed by atoms with Gasteiger partial charge in [-0.15, -0.1) is 0 Å². The zero-order valence-electron chi connectivity index (χ0n) is 11.1. The molecule has 2 rings (SSSR count). The monoisotopic (exact) mass is 247 g/mol. The number of likely N-dealkylation sites (tertiary alicyclic amines) is 1. The fourth-order valence-electron chi connectivity index (χ4n) is 2.38. The van der Waals surface area contributed by atoms with Crippen molar-refractivity contribution in [2.75, 3.05) is 18.8 Å². The van der Waals surface area contributed by atoms with Crippen LogP contribution in [0, 0.1) is 5.41 Å². The quantitative estimate of drug-likeness (QED) is 0.828. The number of nitrogens with two attached hydrogens (primary N) is 1. The van der Waals surface area contributed by atoms with Crippen LogP contribution in [0.25, 0.3) is 0 Å². The molecule has 0 bridgehead atoms. The van der Waals surface area contributed by atoms with E-state index in [1.54, 1.807) is 18.5 Å². The Hall–Kier alpha value is -1.58. The predicted octanol–water partition coefficient (Wildman–Crippen LogP) is 2.32. The number of rotatable bonds is 1. The molecule has 0 atom stereocenters. The van der Waals surface area contributed by atoms with Crippen molar-refractivity contribution < 1.29 is 4.79 Å². The second-order valence-corrected chi connectivity index (χ2v) is 5.77. The molecule has 4 nitrogen and oxygen atoms in total. The average Bonchev–Trinajstić information content (AvgIpc) is 2.50. The summed E-state index contributed by atoms with van der Waals surface area (Å²) in [5.74, 6) is 0.0123. The van der Waals surface area contributed by atoms with Gasteiger partial charge in [0.2, 0.25) is 0 Å². The number of pyridine rings is 1. The molecule has 1 aromatic rings. The van der Waals surface area contributed by atoms with Crippen LogP contribution in [0.2, 0.25) is 0 Å². The lowest BCUT2D eigenvalue weighted by atomic mass is 9.85. The lowest BCUT2D eigenvalue weighted by Crippen LogP contribution is -2.33. The van der Waals surface area contributed by atoms with Crippen LogP contribution in [0.15, 0.2) is 18.5 Å². The van der Waals surface area contributed by atoms with Gasteiger partial charge < -0.3 is 10.6 Å². The molecule has 0 saturated carbocycles. The number of carbonyl (C=O) groups excluding carboxylic acids is 1. The molecule has 98 valence electrons. The van der Waals surface area contributed by atoms with E-state index in [-0.39, 0.29) is 5.91 Å². The van der Waals surface area contributed by atoms with Crippen molar-refractivity contribution in [2.24, 2.45) is 5.41 Å². The van der Waals surface area contributed by atoms with E-state index in [0.717, 1.165) is 25.9 Å². The van der Waals surface area contributed by atoms with E-state index in [9.17, 15) is 4.79 Å². The lowest BCUT2D eigenvalue weighted by molar-refractivity contribution is 0.0758. The first-order valence-electron chi connectivity index (χ1n) is 6.48.